The van der Waals surface area contributed by atoms with Crippen LogP contribution in [0.15, 0.2) is 35.9 Å². The van der Waals surface area contributed by atoms with Crippen LogP contribution >= 0.6 is 0 Å². The molecular weight excluding hydrogens is 160 g/mol. The predicted molar refractivity (Wildman–Crippen MR) is 54.0 cm³/mol. The van der Waals surface area contributed by atoms with Crippen molar-refractivity contribution >= 4 is 0 Å². The highest BCUT2D eigenvalue weighted by Crippen LogP contribution is 2.23. The molecule has 0 N–H and O–H groups in total. The molecule has 1 aromatic rings. The van der Waals surface area contributed by atoms with Crippen LogP contribution in [0.25, 0.3) is 0 Å². The lowest BCUT2D eigenvalue weighted by atomic mass is 9.92. The summed E-state index contributed by atoms with van der Waals surface area (Å²) in [5.74, 6) is 0.956. The zero-order chi connectivity index (χ0) is 9.10. The molecule has 2 rings (SSSR count). The van der Waals surface area contributed by atoms with Crippen LogP contribution in [-0.2, 0) is 6.42 Å². The maximum Gasteiger partial charge on any atom is 0.119 e. The van der Waals surface area contributed by atoms with Crippen molar-refractivity contribution in [2.45, 2.75) is 19.3 Å². The van der Waals surface area contributed by atoms with E-state index in [0.717, 1.165) is 12.2 Å². The van der Waals surface area contributed by atoms with Crippen molar-refractivity contribution in [1.82, 2.24) is 0 Å². The van der Waals surface area contributed by atoms with Crippen molar-refractivity contribution in [2.75, 3.05) is 7.11 Å². The van der Waals surface area contributed by atoms with Gasteiger partial charge in [0.05, 0.1) is 7.11 Å². The minimum atomic E-state index is 0.956. The van der Waals surface area contributed by atoms with Crippen LogP contribution in [0.1, 0.15) is 18.4 Å². The van der Waals surface area contributed by atoms with Gasteiger partial charge in [-0.1, -0.05) is 23.8 Å². The minimum Gasteiger partial charge on any atom is -0.497 e. The third kappa shape index (κ3) is 1.92. The summed E-state index contributed by atoms with van der Waals surface area (Å²) in [6.45, 7) is 0. The molecule has 0 aliphatic heterocycles. The van der Waals surface area contributed by atoms with Gasteiger partial charge in [-0.3, -0.25) is 0 Å². The van der Waals surface area contributed by atoms with Gasteiger partial charge in [0.25, 0.3) is 0 Å². The van der Waals surface area contributed by atoms with Crippen LogP contribution in [0.5, 0.6) is 5.75 Å². The highest BCUT2D eigenvalue weighted by Gasteiger charge is 2.06. The third-order valence-electron chi connectivity index (χ3n) is 2.46. The topological polar surface area (TPSA) is 9.23 Å². The van der Waals surface area contributed by atoms with Crippen molar-refractivity contribution in [3.8, 4) is 5.75 Å². The number of benzene rings is 1. The summed E-state index contributed by atoms with van der Waals surface area (Å²) in [7, 11) is 1.71. The molecule has 1 heteroatoms. The first kappa shape index (κ1) is 8.36. The summed E-state index contributed by atoms with van der Waals surface area (Å²) in [5.41, 5.74) is 2.92. The highest BCUT2D eigenvalue weighted by atomic mass is 16.5. The van der Waals surface area contributed by atoms with E-state index in [1.165, 1.54) is 18.4 Å². The largest absolute Gasteiger partial charge is 0.497 e. The number of hydrogen-bond acceptors (Lipinski definition) is 1. The van der Waals surface area contributed by atoms with Crippen LogP contribution in [-0.4, -0.2) is 7.11 Å². The maximum absolute atomic E-state index is 5.17. The molecule has 0 spiro atoms. The average Bonchev–Trinajstić information content (AvgIpc) is 2.12. The molecule has 0 saturated carbocycles. The van der Waals surface area contributed by atoms with Gasteiger partial charge in [0.2, 0.25) is 0 Å². The molecule has 0 atom stereocenters. The molecule has 0 heterocycles. The van der Waals surface area contributed by atoms with Crippen molar-refractivity contribution < 1.29 is 4.74 Å². The normalized spacial score (nSPS) is 14.7. The molecule has 68 valence electrons. The number of methoxy groups -OCH3 is 1. The van der Waals surface area contributed by atoms with Gasteiger partial charge in [-0.2, -0.15) is 0 Å². The van der Waals surface area contributed by atoms with Gasteiger partial charge in [-0.25, -0.2) is 0 Å². The lowest BCUT2D eigenvalue weighted by molar-refractivity contribution is 0.414. The quantitative estimate of drug-likeness (QED) is 0.640. The molecule has 0 aromatic heterocycles. The molecule has 0 unspecified atom stereocenters. The van der Waals surface area contributed by atoms with E-state index >= 15 is 0 Å². The Bertz CT molecular complexity index is 326. The minimum absolute atomic E-state index is 0.956. The van der Waals surface area contributed by atoms with E-state index < -0.39 is 0 Å². The lowest BCUT2D eigenvalue weighted by Crippen LogP contribution is -1.98. The Kier molecular flexibility index (Phi) is 2.35. The van der Waals surface area contributed by atoms with Crippen molar-refractivity contribution in [3.05, 3.63) is 41.5 Å². The second kappa shape index (κ2) is 3.65. The summed E-state index contributed by atoms with van der Waals surface area (Å²) < 4.78 is 5.17. The second-order valence-corrected chi connectivity index (χ2v) is 3.43. The summed E-state index contributed by atoms with van der Waals surface area (Å²) in [5, 5.41) is 0. The van der Waals surface area contributed by atoms with E-state index in [4.69, 9.17) is 4.74 Å². The third-order valence-corrected chi connectivity index (χ3v) is 2.46. The molecule has 1 nitrogen and oxygen atoms in total. The Balaban J connectivity index is 2.10. The van der Waals surface area contributed by atoms with Crippen LogP contribution in [0.2, 0.25) is 0 Å². The zero-order valence-corrected chi connectivity index (χ0v) is 7.92. The first-order valence-electron chi connectivity index (χ1n) is 4.69. The molecule has 1 aromatic carbocycles. The Hall–Kier alpha value is -1.24. The molecule has 1 aliphatic rings. The number of rotatable bonds is 3. The Labute approximate surface area is 79.0 Å². The van der Waals surface area contributed by atoms with Crippen LogP contribution in [0.4, 0.5) is 0 Å². The van der Waals surface area contributed by atoms with E-state index in [-0.39, 0.29) is 0 Å². The lowest BCUT2D eigenvalue weighted by Gasteiger charge is -2.14. The smallest absolute Gasteiger partial charge is 0.119 e. The van der Waals surface area contributed by atoms with E-state index in [2.05, 4.69) is 18.2 Å². The number of hydrogen-bond donors (Lipinski definition) is 0. The molecular formula is C12H14O. The van der Waals surface area contributed by atoms with Crippen LogP contribution < -0.4 is 4.74 Å². The average molecular weight is 174 g/mol. The molecule has 0 bridgehead atoms. The predicted octanol–water partition coefficient (Wildman–Crippen LogP) is 2.96. The van der Waals surface area contributed by atoms with Crippen molar-refractivity contribution in [1.29, 1.82) is 0 Å². The zero-order valence-electron chi connectivity index (χ0n) is 7.92. The summed E-state index contributed by atoms with van der Waals surface area (Å²) >= 11 is 0. The van der Waals surface area contributed by atoms with Crippen molar-refractivity contribution in [3.63, 3.8) is 0 Å². The summed E-state index contributed by atoms with van der Waals surface area (Å²) in [6.07, 6.45) is 5.95. The molecule has 0 radical (unpaired) electrons. The van der Waals surface area contributed by atoms with Gasteiger partial charge in [0.1, 0.15) is 5.75 Å². The highest BCUT2D eigenvalue weighted by molar-refractivity contribution is 5.32. The van der Waals surface area contributed by atoms with Gasteiger partial charge in [0.15, 0.2) is 0 Å². The van der Waals surface area contributed by atoms with E-state index in [0.29, 0.717) is 0 Å². The van der Waals surface area contributed by atoms with Crippen LogP contribution in [0, 0.1) is 0 Å². The SMILES string of the molecule is COc1cccc(CC2=CCC2)c1. The monoisotopic (exact) mass is 174 g/mol. The van der Waals surface area contributed by atoms with Crippen molar-refractivity contribution in [2.24, 2.45) is 0 Å². The van der Waals surface area contributed by atoms with E-state index in [1.54, 1.807) is 12.7 Å². The first-order chi connectivity index (χ1) is 6.38. The van der Waals surface area contributed by atoms with Gasteiger partial charge < -0.3 is 4.74 Å². The fraction of sp³-hybridized carbons (Fsp3) is 0.333. The number of ether oxygens (including phenoxy) is 1. The Morgan fingerprint density at radius 3 is 2.85 bits per heavy atom. The molecule has 0 saturated heterocycles. The number of allylic oxidation sites excluding steroid dienone is 2. The molecule has 0 amide bonds. The standard InChI is InChI=1S/C12H14O/c1-13-12-7-3-6-11(9-12)8-10-4-2-5-10/h3-4,6-7,9H,2,5,8H2,1H3. The fourth-order valence-electron chi connectivity index (χ4n) is 1.55. The van der Waals surface area contributed by atoms with E-state index in [9.17, 15) is 0 Å². The van der Waals surface area contributed by atoms with Crippen LogP contribution in [0.3, 0.4) is 0 Å². The Morgan fingerprint density at radius 1 is 1.38 bits per heavy atom. The van der Waals surface area contributed by atoms with Gasteiger partial charge in [-0.05, 0) is 37.0 Å². The van der Waals surface area contributed by atoms with Gasteiger partial charge in [0, 0.05) is 0 Å². The molecule has 1 aliphatic carbocycles. The van der Waals surface area contributed by atoms with E-state index in [1.807, 2.05) is 12.1 Å². The van der Waals surface area contributed by atoms with Gasteiger partial charge >= 0.3 is 0 Å². The maximum atomic E-state index is 5.17. The second-order valence-electron chi connectivity index (χ2n) is 3.43. The Morgan fingerprint density at radius 2 is 2.23 bits per heavy atom. The molecule has 0 fully saturated rings. The molecule has 13 heavy (non-hydrogen) atoms. The van der Waals surface area contributed by atoms with Gasteiger partial charge in [-0.15, -0.1) is 0 Å². The summed E-state index contributed by atoms with van der Waals surface area (Å²) in [6, 6.07) is 8.30. The first-order valence-corrected chi connectivity index (χ1v) is 4.69. The fourth-order valence-corrected chi connectivity index (χ4v) is 1.55. The summed E-state index contributed by atoms with van der Waals surface area (Å²) in [4.78, 5) is 0.